The molecule has 1 aliphatic heterocycles. The average Bonchev–Trinajstić information content (AvgIpc) is 3.19. The number of methoxy groups -OCH3 is 2. The smallest absolute Gasteiger partial charge is 0.416 e. The van der Waals surface area contributed by atoms with E-state index in [-0.39, 0.29) is 28.8 Å². The number of nitrogens with one attached hydrogen (secondary N) is 1. The van der Waals surface area contributed by atoms with Crippen molar-refractivity contribution in [2.45, 2.75) is 12.8 Å². The molecule has 0 aromatic heterocycles. The van der Waals surface area contributed by atoms with Crippen LogP contribution in [-0.2, 0) is 22.4 Å². The maximum absolute atomic E-state index is 13.2. The lowest BCUT2D eigenvalue weighted by Crippen LogP contribution is -2.36. The van der Waals surface area contributed by atoms with Gasteiger partial charge >= 0.3 is 6.18 Å². The predicted molar refractivity (Wildman–Crippen MR) is 156 cm³/mol. The van der Waals surface area contributed by atoms with E-state index in [0.29, 0.717) is 43.4 Å². The van der Waals surface area contributed by atoms with Crippen molar-refractivity contribution in [1.82, 2.24) is 4.90 Å². The minimum absolute atomic E-state index is 0.0287. The Hall–Kier alpha value is -3.79. The lowest BCUT2D eigenvalue weighted by Gasteiger charge is -2.16. The normalized spacial score (nSPS) is 14.4. The van der Waals surface area contributed by atoms with Gasteiger partial charge in [0, 0.05) is 0 Å². The SMILES string of the molecule is COc1ccc(C(F)(F)F)cc1NC(=O)CN1C(=O)S/C(=C\c2cc(I)c(OCc3ccc(F)cc3)c(OC)c2)C1=O. The molecule has 0 spiro atoms. The van der Waals surface area contributed by atoms with Gasteiger partial charge in [-0.15, -0.1) is 0 Å². The van der Waals surface area contributed by atoms with Gasteiger partial charge in [-0.3, -0.25) is 19.3 Å². The Bertz CT molecular complexity index is 1560. The van der Waals surface area contributed by atoms with E-state index in [2.05, 4.69) is 5.32 Å². The van der Waals surface area contributed by atoms with E-state index in [9.17, 15) is 31.9 Å². The molecular formula is C28H21F4IN2O6S. The summed E-state index contributed by atoms with van der Waals surface area (Å²) >= 11 is 2.64. The summed E-state index contributed by atoms with van der Waals surface area (Å²) in [5, 5.41) is 1.55. The highest BCUT2D eigenvalue weighted by atomic mass is 127. The van der Waals surface area contributed by atoms with Crippen LogP contribution >= 0.6 is 34.4 Å². The van der Waals surface area contributed by atoms with Gasteiger partial charge in [0.25, 0.3) is 11.1 Å². The van der Waals surface area contributed by atoms with Crippen molar-refractivity contribution >= 4 is 63.2 Å². The van der Waals surface area contributed by atoms with Gasteiger partial charge in [-0.05, 0) is 94.0 Å². The zero-order valence-corrected chi connectivity index (χ0v) is 24.9. The number of hydrogen-bond acceptors (Lipinski definition) is 7. The monoisotopic (exact) mass is 716 g/mol. The number of amides is 3. The first-order chi connectivity index (χ1) is 19.9. The molecule has 0 unspecified atom stereocenters. The first-order valence-electron chi connectivity index (χ1n) is 11.9. The molecule has 1 saturated heterocycles. The fraction of sp³-hybridized carbons (Fsp3) is 0.179. The number of anilines is 1. The predicted octanol–water partition coefficient (Wildman–Crippen LogP) is 6.72. The molecule has 1 N–H and O–H groups in total. The zero-order chi connectivity index (χ0) is 30.6. The van der Waals surface area contributed by atoms with Gasteiger partial charge in [-0.2, -0.15) is 13.2 Å². The van der Waals surface area contributed by atoms with Crippen LogP contribution in [0.5, 0.6) is 17.2 Å². The number of imide groups is 1. The van der Waals surface area contributed by atoms with Gasteiger partial charge < -0.3 is 19.5 Å². The topological polar surface area (TPSA) is 94.2 Å². The van der Waals surface area contributed by atoms with Crippen molar-refractivity contribution in [3.8, 4) is 17.2 Å². The molecule has 3 amide bonds. The van der Waals surface area contributed by atoms with E-state index in [0.717, 1.165) is 17.7 Å². The summed E-state index contributed by atoms with van der Waals surface area (Å²) in [7, 11) is 2.66. The molecule has 1 fully saturated rings. The number of rotatable bonds is 9. The largest absolute Gasteiger partial charge is 0.495 e. The first kappa shape index (κ1) is 31.2. The number of carbonyl (C=O) groups excluding carboxylic acids is 3. The van der Waals surface area contributed by atoms with Crippen LogP contribution in [0.2, 0.25) is 0 Å². The fourth-order valence-electron chi connectivity index (χ4n) is 3.80. The van der Waals surface area contributed by atoms with E-state index >= 15 is 0 Å². The minimum Gasteiger partial charge on any atom is -0.495 e. The summed E-state index contributed by atoms with van der Waals surface area (Å²) in [5.74, 6) is -1.26. The Balaban J connectivity index is 1.48. The van der Waals surface area contributed by atoms with Crippen LogP contribution in [-0.4, -0.2) is 42.7 Å². The summed E-state index contributed by atoms with van der Waals surface area (Å²) in [6, 6.07) is 11.7. The number of carbonyl (C=O) groups is 3. The third kappa shape index (κ3) is 7.34. The van der Waals surface area contributed by atoms with Crippen molar-refractivity contribution in [2.75, 3.05) is 26.1 Å². The van der Waals surface area contributed by atoms with Crippen LogP contribution in [0.4, 0.5) is 28.0 Å². The average molecular weight is 716 g/mol. The molecule has 220 valence electrons. The van der Waals surface area contributed by atoms with Crippen LogP contribution in [0.1, 0.15) is 16.7 Å². The molecule has 0 saturated carbocycles. The number of hydrogen-bond donors (Lipinski definition) is 1. The molecule has 1 heterocycles. The third-order valence-electron chi connectivity index (χ3n) is 5.82. The van der Waals surface area contributed by atoms with Crippen molar-refractivity contribution < 1.29 is 46.2 Å². The molecule has 4 rings (SSSR count). The summed E-state index contributed by atoms with van der Waals surface area (Å²) in [5.41, 5.74) is -0.0237. The summed E-state index contributed by atoms with van der Waals surface area (Å²) in [6.45, 7) is -0.572. The second-order valence-corrected chi connectivity index (χ2v) is 10.8. The molecule has 3 aromatic carbocycles. The quantitative estimate of drug-likeness (QED) is 0.149. The van der Waals surface area contributed by atoms with Crippen LogP contribution in [0, 0.1) is 9.39 Å². The Kier molecular flexibility index (Phi) is 9.66. The van der Waals surface area contributed by atoms with Crippen molar-refractivity contribution in [3.05, 3.63) is 85.6 Å². The summed E-state index contributed by atoms with van der Waals surface area (Å²) in [6.07, 6.45) is -3.20. The van der Waals surface area contributed by atoms with E-state index in [1.165, 1.54) is 32.4 Å². The Morgan fingerprint density at radius 3 is 2.36 bits per heavy atom. The van der Waals surface area contributed by atoms with E-state index < -0.39 is 35.3 Å². The Labute approximate surface area is 255 Å². The first-order valence-corrected chi connectivity index (χ1v) is 13.8. The Morgan fingerprint density at radius 2 is 1.71 bits per heavy atom. The van der Waals surface area contributed by atoms with Gasteiger partial charge in [0.2, 0.25) is 5.91 Å². The van der Waals surface area contributed by atoms with E-state index in [1.807, 2.05) is 22.6 Å². The molecule has 0 radical (unpaired) electrons. The fourth-order valence-corrected chi connectivity index (χ4v) is 5.42. The minimum atomic E-state index is -4.66. The molecule has 3 aromatic rings. The second kappa shape index (κ2) is 13.0. The van der Waals surface area contributed by atoms with E-state index in [1.54, 1.807) is 24.3 Å². The number of nitrogens with zero attached hydrogens (tertiary/aromatic N) is 1. The number of thioether (sulfide) groups is 1. The van der Waals surface area contributed by atoms with Gasteiger partial charge in [0.05, 0.1) is 33.9 Å². The highest BCUT2D eigenvalue weighted by molar-refractivity contribution is 14.1. The van der Waals surface area contributed by atoms with Crippen LogP contribution in [0.25, 0.3) is 6.08 Å². The maximum Gasteiger partial charge on any atom is 0.416 e. The van der Waals surface area contributed by atoms with Crippen molar-refractivity contribution in [1.29, 1.82) is 0 Å². The maximum atomic E-state index is 13.2. The molecule has 14 heteroatoms. The lowest BCUT2D eigenvalue weighted by molar-refractivity contribution is -0.137. The standard InChI is InChI=1S/C28H21F4IN2O6S/c1-39-21-8-5-17(28(30,31)32)12-20(21)34-24(36)13-35-26(37)23(42-27(35)38)11-16-9-19(33)25(22(10-16)40-2)41-14-15-3-6-18(29)7-4-15/h3-12H,13-14H2,1-2H3,(H,34,36)/b23-11-. The number of benzene rings is 3. The molecule has 42 heavy (non-hydrogen) atoms. The molecule has 0 bridgehead atoms. The molecule has 1 aliphatic rings. The zero-order valence-electron chi connectivity index (χ0n) is 21.9. The van der Waals surface area contributed by atoms with Crippen LogP contribution in [0.15, 0.2) is 59.5 Å². The van der Waals surface area contributed by atoms with Crippen LogP contribution < -0.4 is 19.5 Å². The summed E-state index contributed by atoms with van der Waals surface area (Å²) in [4.78, 5) is 38.9. The van der Waals surface area contributed by atoms with E-state index in [4.69, 9.17) is 14.2 Å². The highest BCUT2D eigenvalue weighted by Gasteiger charge is 2.37. The Morgan fingerprint density at radius 1 is 1.02 bits per heavy atom. The molecule has 8 nitrogen and oxygen atoms in total. The van der Waals surface area contributed by atoms with Gasteiger partial charge in [0.1, 0.15) is 24.7 Å². The molecular weight excluding hydrogens is 695 g/mol. The van der Waals surface area contributed by atoms with Crippen molar-refractivity contribution in [3.63, 3.8) is 0 Å². The second-order valence-electron chi connectivity index (χ2n) is 8.68. The molecule has 0 atom stereocenters. The highest BCUT2D eigenvalue weighted by Crippen LogP contribution is 2.38. The van der Waals surface area contributed by atoms with Crippen LogP contribution in [0.3, 0.4) is 0 Å². The molecule has 0 aliphatic carbocycles. The number of halogens is 5. The van der Waals surface area contributed by atoms with Gasteiger partial charge in [-0.1, -0.05) is 12.1 Å². The van der Waals surface area contributed by atoms with Gasteiger partial charge in [0.15, 0.2) is 11.5 Å². The number of alkyl halides is 3. The third-order valence-corrected chi connectivity index (χ3v) is 7.53. The number of ether oxygens (including phenoxy) is 3. The summed E-state index contributed by atoms with van der Waals surface area (Å²) < 4.78 is 69.5. The van der Waals surface area contributed by atoms with Crippen molar-refractivity contribution in [2.24, 2.45) is 0 Å². The lowest BCUT2D eigenvalue weighted by atomic mass is 10.1. The van der Waals surface area contributed by atoms with Gasteiger partial charge in [-0.25, -0.2) is 4.39 Å².